The maximum atomic E-state index is 11.9. The van der Waals surface area contributed by atoms with Crippen LogP contribution >= 0.6 is 0 Å². The number of rotatable bonds is 2. The van der Waals surface area contributed by atoms with E-state index >= 15 is 0 Å². The third kappa shape index (κ3) is 1.71. The number of methoxy groups -OCH3 is 1. The molecular weight excluding hydrogens is 256 g/mol. The van der Waals surface area contributed by atoms with E-state index in [1.807, 2.05) is 41.9 Å². The lowest BCUT2D eigenvalue weighted by Gasteiger charge is -2.03. The molecule has 102 valence electrons. The maximum Gasteiger partial charge on any atom is 0.343 e. The van der Waals surface area contributed by atoms with E-state index in [4.69, 9.17) is 9.26 Å². The van der Waals surface area contributed by atoms with Crippen molar-refractivity contribution in [2.45, 2.75) is 6.92 Å². The fourth-order valence-electron chi connectivity index (χ4n) is 2.41. The average Bonchev–Trinajstić information content (AvgIpc) is 2.99. The van der Waals surface area contributed by atoms with Crippen molar-refractivity contribution in [3.63, 3.8) is 0 Å². The second-order valence-electron chi connectivity index (χ2n) is 4.60. The van der Waals surface area contributed by atoms with Crippen molar-refractivity contribution in [3.05, 3.63) is 41.7 Å². The van der Waals surface area contributed by atoms with Gasteiger partial charge in [0.15, 0.2) is 0 Å². The number of aryl methyl sites for hydroxylation is 2. The number of esters is 1. The van der Waals surface area contributed by atoms with Crippen LogP contribution in [0.25, 0.3) is 22.3 Å². The van der Waals surface area contributed by atoms with Crippen LogP contribution in [0, 0.1) is 6.92 Å². The third-order valence-electron chi connectivity index (χ3n) is 3.45. The number of hydrogen-bond donors (Lipinski definition) is 0. The lowest BCUT2D eigenvalue weighted by Crippen LogP contribution is -2.05. The molecule has 0 saturated heterocycles. The van der Waals surface area contributed by atoms with E-state index in [1.54, 1.807) is 6.92 Å². The molecule has 0 atom stereocenters. The van der Waals surface area contributed by atoms with Gasteiger partial charge in [0.05, 0.1) is 12.8 Å². The zero-order chi connectivity index (χ0) is 14.3. The van der Waals surface area contributed by atoms with Gasteiger partial charge in [-0.2, -0.15) is 0 Å². The van der Waals surface area contributed by atoms with Crippen LogP contribution in [-0.2, 0) is 11.8 Å². The molecule has 0 spiro atoms. The van der Waals surface area contributed by atoms with Crippen molar-refractivity contribution in [2.75, 3.05) is 7.11 Å². The highest BCUT2D eigenvalue weighted by atomic mass is 16.5. The van der Waals surface area contributed by atoms with Crippen LogP contribution < -0.4 is 0 Å². The Morgan fingerprint density at radius 3 is 2.80 bits per heavy atom. The molecule has 2 aromatic heterocycles. The summed E-state index contributed by atoms with van der Waals surface area (Å²) in [5, 5.41) is 5.10. The van der Waals surface area contributed by atoms with Crippen LogP contribution in [0.5, 0.6) is 0 Å². The van der Waals surface area contributed by atoms with Gasteiger partial charge in [-0.05, 0) is 19.1 Å². The van der Waals surface area contributed by atoms with E-state index in [0.29, 0.717) is 17.0 Å². The SMILES string of the molecule is COC(=O)c1c(-c2cc3ccccc3n2C)noc1C. The molecule has 0 N–H and O–H groups in total. The van der Waals surface area contributed by atoms with Crippen molar-refractivity contribution in [1.29, 1.82) is 0 Å². The average molecular weight is 270 g/mol. The summed E-state index contributed by atoms with van der Waals surface area (Å²) < 4.78 is 11.9. The van der Waals surface area contributed by atoms with Crippen LogP contribution in [0.4, 0.5) is 0 Å². The normalized spacial score (nSPS) is 10.9. The molecule has 2 heterocycles. The van der Waals surface area contributed by atoms with Crippen molar-refractivity contribution >= 4 is 16.9 Å². The zero-order valence-electron chi connectivity index (χ0n) is 11.5. The topological polar surface area (TPSA) is 57.3 Å². The Kier molecular flexibility index (Phi) is 2.82. The zero-order valence-corrected chi connectivity index (χ0v) is 11.5. The molecule has 3 aromatic rings. The highest BCUT2D eigenvalue weighted by Crippen LogP contribution is 2.30. The Labute approximate surface area is 115 Å². The summed E-state index contributed by atoms with van der Waals surface area (Å²) in [5.41, 5.74) is 2.77. The number of ether oxygens (including phenoxy) is 1. The second kappa shape index (κ2) is 4.52. The second-order valence-corrected chi connectivity index (χ2v) is 4.60. The molecule has 0 fully saturated rings. The summed E-state index contributed by atoms with van der Waals surface area (Å²) in [5.74, 6) is 0.0149. The Hall–Kier alpha value is -2.56. The van der Waals surface area contributed by atoms with E-state index in [-0.39, 0.29) is 0 Å². The number of hydrogen-bond acceptors (Lipinski definition) is 4. The first kappa shape index (κ1) is 12.5. The lowest BCUT2D eigenvalue weighted by molar-refractivity contribution is 0.0599. The largest absolute Gasteiger partial charge is 0.465 e. The minimum atomic E-state index is -0.441. The Balaban J connectivity index is 2.26. The van der Waals surface area contributed by atoms with Crippen molar-refractivity contribution in [1.82, 2.24) is 9.72 Å². The maximum absolute atomic E-state index is 11.9. The highest BCUT2D eigenvalue weighted by molar-refractivity contribution is 5.98. The minimum absolute atomic E-state index is 0.374. The number of para-hydroxylation sites is 1. The Morgan fingerprint density at radius 1 is 1.35 bits per heavy atom. The summed E-state index contributed by atoms with van der Waals surface area (Å²) in [7, 11) is 3.28. The first-order valence-electron chi connectivity index (χ1n) is 6.23. The Morgan fingerprint density at radius 2 is 2.10 bits per heavy atom. The van der Waals surface area contributed by atoms with Crippen LogP contribution in [0.2, 0.25) is 0 Å². The molecule has 0 amide bonds. The molecule has 5 nitrogen and oxygen atoms in total. The molecule has 0 unspecified atom stereocenters. The summed E-state index contributed by atoms with van der Waals surface area (Å²) in [6.07, 6.45) is 0. The number of fused-ring (bicyclic) bond motifs is 1. The van der Waals surface area contributed by atoms with Gasteiger partial charge in [-0.15, -0.1) is 0 Å². The summed E-state index contributed by atoms with van der Waals surface area (Å²) in [6.45, 7) is 1.70. The fourth-order valence-corrected chi connectivity index (χ4v) is 2.41. The molecule has 1 aromatic carbocycles. The molecule has 0 bridgehead atoms. The monoisotopic (exact) mass is 270 g/mol. The van der Waals surface area contributed by atoms with Crippen LogP contribution in [0.3, 0.4) is 0 Å². The smallest absolute Gasteiger partial charge is 0.343 e. The molecule has 0 saturated carbocycles. The van der Waals surface area contributed by atoms with E-state index in [2.05, 4.69) is 5.16 Å². The van der Waals surface area contributed by atoms with Crippen molar-refractivity contribution in [2.24, 2.45) is 7.05 Å². The van der Waals surface area contributed by atoms with Crippen molar-refractivity contribution < 1.29 is 14.1 Å². The third-order valence-corrected chi connectivity index (χ3v) is 3.45. The number of aromatic nitrogens is 2. The molecule has 0 aliphatic carbocycles. The predicted octanol–water partition coefficient (Wildman–Crippen LogP) is 2.93. The van der Waals surface area contributed by atoms with Gasteiger partial charge in [0.2, 0.25) is 0 Å². The molecule has 0 aliphatic rings. The minimum Gasteiger partial charge on any atom is -0.465 e. The number of nitrogens with zero attached hydrogens (tertiary/aromatic N) is 2. The molecule has 0 aliphatic heterocycles. The number of benzene rings is 1. The summed E-state index contributed by atoms with van der Waals surface area (Å²) in [4.78, 5) is 11.9. The molecule has 20 heavy (non-hydrogen) atoms. The standard InChI is InChI=1S/C15H14N2O3/c1-9-13(15(18)19-3)14(16-20-9)12-8-10-6-4-5-7-11(10)17(12)2/h4-8H,1-3H3. The lowest BCUT2D eigenvalue weighted by atomic mass is 10.1. The predicted molar refractivity (Wildman–Crippen MR) is 74.5 cm³/mol. The van der Waals surface area contributed by atoms with Gasteiger partial charge in [0.25, 0.3) is 0 Å². The first-order valence-corrected chi connectivity index (χ1v) is 6.23. The van der Waals surface area contributed by atoms with Crippen LogP contribution in [0.1, 0.15) is 16.1 Å². The highest BCUT2D eigenvalue weighted by Gasteiger charge is 2.24. The molecule has 5 heteroatoms. The van der Waals surface area contributed by atoms with Gasteiger partial charge in [-0.3, -0.25) is 0 Å². The van der Waals surface area contributed by atoms with Crippen LogP contribution in [-0.4, -0.2) is 22.8 Å². The van der Waals surface area contributed by atoms with E-state index in [1.165, 1.54) is 7.11 Å². The van der Waals surface area contributed by atoms with Gasteiger partial charge in [-0.1, -0.05) is 23.4 Å². The molecule has 0 radical (unpaired) electrons. The van der Waals surface area contributed by atoms with Gasteiger partial charge in [-0.25, -0.2) is 4.79 Å². The number of carbonyl (C=O) groups is 1. The van der Waals surface area contributed by atoms with E-state index < -0.39 is 5.97 Å². The van der Waals surface area contributed by atoms with E-state index in [0.717, 1.165) is 16.6 Å². The molecule has 3 rings (SSSR count). The summed E-state index contributed by atoms with van der Waals surface area (Å²) in [6, 6.07) is 9.97. The quantitative estimate of drug-likeness (QED) is 0.672. The number of carbonyl (C=O) groups excluding carboxylic acids is 1. The van der Waals surface area contributed by atoms with Crippen molar-refractivity contribution in [3.8, 4) is 11.4 Å². The van der Waals surface area contributed by atoms with Gasteiger partial charge >= 0.3 is 5.97 Å². The Bertz CT molecular complexity index is 799. The first-order chi connectivity index (χ1) is 9.63. The summed E-state index contributed by atoms with van der Waals surface area (Å²) >= 11 is 0. The van der Waals surface area contributed by atoms with Crippen LogP contribution in [0.15, 0.2) is 34.9 Å². The van der Waals surface area contributed by atoms with Gasteiger partial charge in [0, 0.05) is 18.0 Å². The molecular formula is C15H14N2O3. The fraction of sp³-hybridized carbons (Fsp3) is 0.200. The van der Waals surface area contributed by atoms with E-state index in [9.17, 15) is 4.79 Å². The van der Waals surface area contributed by atoms with Gasteiger partial charge in [0.1, 0.15) is 17.0 Å². The van der Waals surface area contributed by atoms with Gasteiger partial charge < -0.3 is 13.8 Å².